The zero-order valence-corrected chi connectivity index (χ0v) is 10.7. The van der Waals surface area contributed by atoms with Gasteiger partial charge in [0.1, 0.15) is 5.82 Å². The lowest BCUT2D eigenvalue weighted by molar-refractivity contribution is -0.135. The molecule has 0 aromatic heterocycles. The average Bonchev–Trinajstić information content (AvgIpc) is 2.73. The maximum Gasteiger partial charge on any atom is 0.411 e. The number of halogens is 1. The summed E-state index contributed by atoms with van der Waals surface area (Å²) in [5, 5.41) is 2.30. The van der Waals surface area contributed by atoms with E-state index >= 15 is 0 Å². The Morgan fingerprint density at radius 3 is 2.90 bits per heavy atom. The van der Waals surface area contributed by atoms with E-state index in [9.17, 15) is 14.0 Å². The Balaban J connectivity index is 1.75. The first-order valence-electron chi connectivity index (χ1n) is 6.12. The molecule has 1 fully saturated rings. The van der Waals surface area contributed by atoms with Crippen LogP contribution in [0.2, 0.25) is 0 Å². The average molecular weight is 279 g/mol. The topological polar surface area (TPSA) is 64.6 Å². The second-order valence-corrected chi connectivity index (χ2v) is 4.35. The summed E-state index contributed by atoms with van der Waals surface area (Å²) in [6.45, 7) is 3.97. The molecule has 20 heavy (non-hydrogen) atoms. The van der Waals surface area contributed by atoms with Crippen molar-refractivity contribution < 1.29 is 23.5 Å². The van der Waals surface area contributed by atoms with Crippen LogP contribution in [0.5, 0.6) is 0 Å². The lowest BCUT2D eigenvalue weighted by Crippen LogP contribution is -2.17. The second-order valence-electron chi connectivity index (χ2n) is 4.35. The van der Waals surface area contributed by atoms with Crippen LogP contribution in [0.15, 0.2) is 36.4 Å². The van der Waals surface area contributed by atoms with Gasteiger partial charge in [0.15, 0.2) is 0 Å². The third-order valence-electron chi connectivity index (χ3n) is 2.98. The predicted molar refractivity (Wildman–Crippen MR) is 69.6 cm³/mol. The maximum absolute atomic E-state index is 13.3. The second kappa shape index (κ2) is 6.18. The maximum atomic E-state index is 13.3. The first kappa shape index (κ1) is 14.0. The largest absolute Gasteiger partial charge is 0.462 e. The molecule has 0 saturated carbocycles. The molecule has 2 rings (SSSR count). The summed E-state index contributed by atoms with van der Waals surface area (Å²) in [6, 6.07) is 5.79. The summed E-state index contributed by atoms with van der Waals surface area (Å²) in [7, 11) is 0. The Kier molecular flexibility index (Phi) is 4.34. The van der Waals surface area contributed by atoms with Gasteiger partial charge >= 0.3 is 12.1 Å². The van der Waals surface area contributed by atoms with E-state index in [1.807, 2.05) is 0 Å². The fourth-order valence-corrected chi connectivity index (χ4v) is 1.80. The number of nitrogens with one attached hydrogen (secondary N) is 1. The van der Waals surface area contributed by atoms with Gasteiger partial charge in [0.2, 0.25) is 0 Å². The van der Waals surface area contributed by atoms with Gasteiger partial charge in [-0.25, -0.2) is 14.0 Å². The van der Waals surface area contributed by atoms with Crippen molar-refractivity contribution in [3.05, 3.63) is 42.2 Å². The zero-order chi connectivity index (χ0) is 14.5. The molecule has 1 saturated heterocycles. The summed E-state index contributed by atoms with van der Waals surface area (Å²) >= 11 is 0. The molecule has 1 aromatic rings. The number of esters is 1. The Bertz CT molecular complexity index is 544. The van der Waals surface area contributed by atoms with Gasteiger partial charge in [0.25, 0.3) is 0 Å². The Labute approximate surface area is 115 Å². The van der Waals surface area contributed by atoms with Gasteiger partial charge in [-0.2, -0.15) is 0 Å². The molecule has 0 unspecified atom stereocenters. The van der Waals surface area contributed by atoms with Crippen molar-refractivity contribution in [2.45, 2.75) is 6.42 Å². The third-order valence-corrected chi connectivity index (χ3v) is 2.98. The quantitative estimate of drug-likeness (QED) is 0.679. The summed E-state index contributed by atoms with van der Waals surface area (Å²) in [5.74, 6) is -1.08. The van der Waals surface area contributed by atoms with Crippen LogP contribution < -0.4 is 5.32 Å². The molecule has 1 N–H and O–H groups in total. The smallest absolute Gasteiger partial charge is 0.411 e. The normalized spacial score (nSPS) is 17.8. The van der Waals surface area contributed by atoms with Crippen LogP contribution >= 0.6 is 0 Å². The van der Waals surface area contributed by atoms with Gasteiger partial charge in [0.05, 0.1) is 18.9 Å². The molecule has 0 aliphatic carbocycles. The Morgan fingerprint density at radius 1 is 1.50 bits per heavy atom. The first-order chi connectivity index (χ1) is 9.58. The van der Waals surface area contributed by atoms with E-state index in [0.717, 1.165) is 0 Å². The monoisotopic (exact) mass is 279 g/mol. The number of rotatable bonds is 4. The van der Waals surface area contributed by atoms with Crippen LogP contribution in [-0.4, -0.2) is 25.3 Å². The van der Waals surface area contributed by atoms with E-state index < -0.39 is 17.9 Å². The number of carbonyl (C=O) groups is 2. The molecule has 1 atom stereocenters. The first-order valence-corrected chi connectivity index (χ1v) is 6.12. The number of ether oxygens (including phenoxy) is 2. The minimum Gasteiger partial charge on any atom is -0.462 e. The number of hydrogen-bond donors (Lipinski definition) is 1. The van der Waals surface area contributed by atoms with Crippen molar-refractivity contribution in [2.24, 2.45) is 5.92 Å². The zero-order valence-electron chi connectivity index (χ0n) is 10.7. The van der Waals surface area contributed by atoms with Crippen LogP contribution in [0.25, 0.3) is 0 Å². The fraction of sp³-hybridized carbons (Fsp3) is 0.286. The number of cyclic esters (lactones) is 1. The van der Waals surface area contributed by atoms with Crippen molar-refractivity contribution in [2.75, 3.05) is 18.5 Å². The lowest BCUT2D eigenvalue weighted by Gasteiger charge is -2.09. The molecule has 1 heterocycles. The van der Waals surface area contributed by atoms with E-state index in [1.165, 1.54) is 18.2 Å². The van der Waals surface area contributed by atoms with Gasteiger partial charge in [0, 0.05) is 11.5 Å². The third kappa shape index (κ3) is 3.34. The van der Waals surface area contributed by atoms with Gasteiger partial charge in [-0.1, -0.05) is 18.7 Å². The molecule has 1 aromatic carbocycles. The van der Waals surface area contributed by atoms with Crippen molar-refractivity contribution in [1.29, 1.82) is 0 Å². The predicted octanol–water partition coefficient (Wildman–Crippen LogP) is 2.49. The minimum atomic E-state index is -0.744. The van der Waals surface area contributed by atoms with Gasteiger partial charge in [-0.15, -0.1) is 0 Å². The summed E-state index contributed by atoms with van der Waals surface area (Å²) in [4.78, 5) is 22.5. The SMILES string of the molecule is C=C1C(=O)OC[C@@H]1CCOC(=O)Nc1ccccc1F. The molecule has 6 heteroatoms. The molecule has 1 aliphatic heterocycles. The molecular formula is C14H14FNO4. The summed E-state index contributed by atoms with van der Waals surface area (Å²) in [6.07, 6.45) is -0.305. The van der Waals surface area contributed by atoms with Crippen LogP contribution in [0, 0.1) is 11.7 Å². The number of carbonyl (C=O) groups excluding carboxylic acids is 2. The van der Waals surface area contributed by atoms with E-state index in [0.29, 0.717) is 12.0 Å². The number of benzene rings is 1. The molecule has 0 bridgehead atoms. The van der Waals surface area contributed by atoms with E-state index in [1.54, 1.807) is 6.07 Å². The van der Waals surface area contributed by atoms with Crippen molar-refractivity contribution in [3.63, 3.8) is 0 Å². The molecule has 106 valence electrons. The number of para-hydroxylation sites is 1. The minimum absolute atomic E-state index is 0.0567. The summed E-state index contributed by atoms with van der Waals surface area (Å²) in [5.41, 5.74) is 0.449. The molecule has 1 amide bonds. The lowest BCUT2D eigenvalue weighted by atomic mass is 10.0. The molecule has 0 radical (unpaired) electrons. The van der Waals surface area contributed by atoms with Crippen molar-refractivity contribution in [1.82, 2.24) is 0 Å². The van der Waals surface area contributed by atoms with Gasteiger partial charge in [-0.05, 0) is 18.6 Å². The number of hydrogen-bond acceptors (Lipinski definition) is 4. The number of amides is 1. The highest BCUT2D eigenvalue weighted by atomic mass is 19.1. The van der Waals surface area contributed by atoms with Crippen molar-refractivity contribution in [3.8, 4) is 0 Å². The Hall–Kier alpha value is -2.37. The van der Waals surface area contributed by atoms with E-state index in [-0.39, 0.29) is 24.8 Å². The van der Waals surface area contributed by atoms with Crippen LogP contribution in [0.4, 0.5) is 14.9 Å². The van der Waals surface area contributed by atoms with Gasteiger partial charge < -0.3 is 9.47 Å². The summed E-state index contributed by atoms with van der Waals surface area (Å²) < 4.78 is 23.0. The molecule has 5 nitrogen and oxygen atoms in total. The molecule has 0 spiro atoms. The van der Waals surface area contributed by atoms with E-state index in [4.69, 9.17) is 9.47 Å². The van der Waals surface area contributed by atoms with Crippen LogP contribution in [0.3, 0.4) is 0 Å². The standard InChI is InChI=1S/C14H14FNO4/c1-9-10(8-20-13(9)17)6-7-19-14(18)16-12-5-3-2-4-11(12)15/h2-5,10H,1,6-8H2,(H,16,18)/t10-/m0/s1. The van der Waals surface area contributed by atoms with Crippen molar-refractivity contribution >= 4 is 17.7 Å². The number of anilines is 1. The van der Waals surface area contributed by atoms with Crippen LogP contribution in [0.1, 0.15) is 6.42 Å². The Morgan fingerprint density at radius 2 is 2.25 bits per heavy atom. The highest BCUT2D eigenvalue weighted by Gasteiger charge is 2.28. The molecular weight excluding hydrogens is 265 g/mol. The fourth-order valence-electron chi connectivity index (χ4n) is 1.80. The van der Waals surface area contributed by atoms with Crippen LogP contribution in [-0.2, 0) is 14.3 Å². The highest BCUT2D eigenvalue weighted by molar-refractivity contribution is 5.90. The molecule has 1 aliphatic rings. The van der Waals surface area contributed by atoms with Gasteiger partial charge in [-0.3, -0.25) is 5.32 Å². The highest BCUT2D eigenvalue weighted by Crippen LogP contribution is 2.22. The van der Waals surface area contributed by atoms with E-state index in [2.05, 4.69) is 11.9 Å².